The molecule has 0 N–H and O–H groups in total. The Bertz CT molecular complexity index is 371. The van der Waals surface area contributed by atoms with Crippen LogP contribution in [0.2, 0.25) is 0 Å². The van der Waals surface area contributed by atoms with Crippen molar-refractivity contribution in [3.8, 4) is 5.69 Å². The highest BCUT2D eigenvalue weighted by Crippen LogP contribution is 2.18. The molecule has 0 radical (unpaired) electrons. The molecule has 0 spiro atoms. The molecule has 0 saturated carbocycles. The van der Waals surface area contributed by atoms with Crippen LogP contribution in [0.4, 0.5) is 0 Å². The fourth-order valence-corrected chi connectivity index (χ4v) is 1.38. The van der Waals surface area contributed by atoms with E-state index < -0.39 is 0 Å². The van der Waals surface area contributed by atoms with Gasteiger partial charge in [0.25, 0.3) is 0 Å². The van der Waals surface area contributed by atoms with E-state index in [1.807, 2.05) is 24.3 Å². The molecule has 2 aromatic rings. The molecular weight excluding hydrogens is 220 g/mol. The van der Waals surface area contributed by atoms with E-state index in [1.165, 1.54) is 0 Å². The van der Waals surface area contributed by atoms with Gasteiger partial charge in [-0.05, 0) is 38.5 Å². The molecule has 60 valence electrons. The lowest BCUT2D eigenvalue weighted by atomic mass is 10.3. The smallest absolute Gasteiger partial charge is 0.143 e. The van der Waals surface area contributed by atoms with Crippen LogP contribution in [0.3, 0.4) is 0 Å². The summed E-state index contributed by atoms with van der Waals surface area (Å²) in [5.41, 5.74) is 0.933. The van der Waals surface area contributed by atoms with Gasteiger partial charge in [-0.3, -0.25) is 0 Å². The van der Waals surface area contributed by atoms with Crippen molar-refractivity contribution >= 4 is 15.9 Å². The summed E-state index contributed by atoms with van der Waals surface area (Å²) in [7, 11) is 0. The lowest BCUT2D eigenvalue weighted by molar-refractivity contribution is 0.787. The van der Waals surface area contributed by atoms with Gasteiger partial charge in [-0.25, -0.2) is 0 Å². The molecule has 4 nitrogen and oxygen atoms in total. The van der Waals surface area contributed by atoms with Crippen molar-refractivity contribution in [1.82, 2.24) is 20.2 Å². The molecule has 0 amide bonds. The van der Waals surface area contributed by atoms with Crippen LogP contribution in [-0.2, 0) is 0 Å². The molecule has 1 aromatic carbocycles. The molecule has 0 atom stereocenters. The maximum absolute atomic E-state index is 3.77. The fraction of sp³-hybridized carbons (Fsp3) is 0. The average molecular weight is 225 g/mol. The van der Waals surface area contributed by atoms with Crippen molar-refractivity contribution in [2.24, 2.45) is 0 Å². The van der Waals surface area contributed by atoms with Crippen LogP contribution in [-0.4, -0.2) is 20.2 Å². The van der Waals surface area contributed by atoms with E-state index in [9.17, 15) is 0 Å². The number of rotatable bonds is 1. The summed E-state index contributed by atoms with van der Waals surface area (Å²) < 4.78 is 2.57. The largest absolute Gasteiger partial charge is 0.199 e. The molecule has 0 aliphatic rings. The van der Waals surface area contributed by atoms with Gasteiger partial charge in [0.15, 0.2) is 0 Å². The molecule has 0 saturated heterocycles. The van der Waals surface area contributed by atoms with E-state index in [1.54, 1.807) is 11.0 Å². The van der Waals surface area contributed by atoms with E-state index in [2.05, 4.69) is 31.5 Å². The highest BCUT2D eigenvalue weighted by molar-refractivity contribution is 9.10. The zero-order chi connectivity index (χ0) is 8.39. The van der Waals surface area contributed by atoms with Gasteiger partial charge in [-0.15, -0.1) is 5.10 Å². The number of hydrogen-bond acceptors (Lipinski definition) is 3. The van der Waals surface area contributed by atoms with Crippen molar-refractivity contribution in [3.05, 3.63) is 35.1 Å². The summed E-state index contributed by atoms with van der Waals surface area (Å²) in [6.07, 6.45) is 1.56. The van der Waals surface area contributed by atoms with Gasteiger partial charge in [0.2, 0.25) is 0 Å². The first-order valence-electron chi connectivity index (χ1n) is 3.36. The van der Waals surface area contributed by atoms with Gasteiger partial charge >= 0.3 is 0 Å². The SMILES string of the molecule is Brc1ccccc1-n1cnnn1. The highest BCUT2D eigenvalue weighted by Gasteiger charge is 2.00. The minimum Gasteiger partial charge on any atom is -0.199 e. The summed E-state index contributed by atoms with van der Waals surface area (Å²) in [4.78, 5) is 0. The predicted molar refractivity (Wildman–Crippen MR) is 46.9 cm³/mol. The first-order chi connectivity index (χ1) is 5.88. The van der Waals surface area contributed by atoms with E-state index in [4.69, 9.17) is 0 Å². The third kappa shape index (κ3) is 1.23. The molecule has 1 heterocycles. The van der Waals surface area contributed by atoms with Gasteiger partial charge in [-0.1, -0.05) is 12.1 Å². The van der Waals surface area contributed by atoms with Crippen molar-refractivity contribution in [2.75, 3.05) is 0 Å². The van der Waals surface area contributed by atoms with Crippen LogP contribution < -0.4 is 0 Å². The fourth-order valence-electron chi connectivity index (χ4n) is 0.909. The van der Waals surface area contributed by atoms with Gasteiger partial charge in [0, 0.05) is 4.47 Å². The van der Waals surface area contributed by atoms with Gasteiger partial charge in [0.1, 0.15) is 6.33 Å². The summed E-state index contributed by atoms with van der Waals surface area (Å²) in [5.74, 6) is 0. The molecule has 12 heavy (non-hydrogen) atoms. The Morgan fingerprint density at radius 2 is 2.08 bits per heavy atom. The van der Waals surface area contributed by atoms with E-state index >= 15 is 0 Å². The van der Waals surface area contributed by atoms with Crippen molar-refractivity contribution in [1.29, 1.82) is 0 Å². The molecule has 5 heteroatoms. The Balaban J connectivity index is 2.55. The standard InChI is InChI=1S/C7H5BrN4/c8-6-3-1-2-4-7(6)12-5-9-10-11-12/h1-5H. The van der Waals surface area contributed by atoms with E-state index in [0.29, 0.717) is 0 Å². The Labute approximate surface area is 77.3 Å². The lowest BCUT2D eigenvalue weighted by Crippen LogP contribution is -1.95. The summed E-state index contributed by atoms with van der Waals surface area (Å²) in [5, 5.41) is 10.9. The molecule has 0 fully saturated rings. The average Bonchev–Trinajstić information content (AvgIpc) is 2.57. The number of hydrogen-bond donors (Lipinski definition) is 0. The van der Waals surface area contributed by atoms with Crippen LogP contribution >= 0.6 is 15.9 Å². The first kappa shape index (κ1) is 7.42. The summed E-state index contributed by atoms with van der Waals surface area (Å²) in [6.45, 7) is 0. The van der Waals surface area contributed by atoms with Gasteiger partial charge in [-0.2, -0.15) is 4.68 Å². The van der Waals surface area contributed by atoms with Crippen molar-refractivity contribution < 1.29 is 0 Å². The Kier molecular flexibility index (Phi) is 1.87. The molecular formula is C7H5BrN4. The molecule has 0 bridgehead atoms. The summed E-state index contributed by atoms with van der Waals surface area (Å²) >= 11 is 3.40. The van der Waals surface area contributed by atoms with E-state index in [-0.39, 0.29) is 0 Å². The van der Waals surface area contributed by atoms with Gasteiger partial charge < -0.3 is 0 Å². The van der Waals surface area contributed by atoms with E-state index in [0.717, 1.165) is 10.2 Å². The zero-order valence-corrected chi connectivity index (χ0v) is 7.64. The Hall–Kier alpha value is -1.23. The topological polar surface area (TPSA) is 43.6 Å². The zero-order valence-electron chi connectivity index (χ0n) is 6.05. The lowest BCUT2D eigenvalue weighted by Gasteiger charge is -1.99. The van der Waals surface area contributed by atoms with Crippen LogP contribution in [0, 0.1) is 0 Å². The molecule has 1 aromatic heterocycles. The third-order valence-electron chi connectivity index (χ3n) is 1.45. The minimum absolute atomic E-state index is 0.933. The van der Waals surface area contributed by atoms with Crippen molar-refractivity contribution in [2.45, 2.75) is 0 Å². The number of nitrogens with zero attached hydrogens (tertiary/aromatic N) is 4. The second-order valence-corrected chi connectivity index (χ2v) is 3.06. The Morgan fingerprint density at radius 1 is 1.25 bits per heavy atom. The van der Waals surface area contributed by atoms with Crippen LogP contribution in [0.15, 0.2) is 35.1 Å². The number of benzene rings is 1. The first-order valence-corrected chi connectivity index (χ1v) is 4.15. The number of tetrazole rings is 1. The number of halogens is 1. The maximum atomic E-state index is 3.77. The van der Waals surface area contributed by atoms with Gasteiger partial charge in [0.05, 0.1) is 5.69 Å². The molecule has 0 unspecified atom stereocenters. The summed E-state index contributed by atoms with van der Waals surface area (Å²) in [6, 6.07) is 7.75. The van der Waals surface area contributed by atoms with Crippen LogP contribution in [0.5, 0.6) is 0 Å². The second-order valence-electron chi connectivity index (χ2n) is 2.21. The minimum atomic E-state index is 0.933. The molecule has 0 aliphatic heterocycles. The maximum Gasteiger partial charge on any atom is 0.143 e. The highest BCUT2D eigenvalue weighted by atomic mass is 79.9. The molecule has 2 rings (SSSR count). The van der Waals surface area contributed by atoms with Crippen molar-refractivity contribution in [3.63, 3.8) is 0 Å². The normalized spacial score (nSPS) is 10.1. The number of para-hydroxylation sites is 1. The predicted octanol–water partition coefficient (Wildman–Crippen LogP) is 1.42. The monoisotopic (exact) mass is 224 g/mol. The van der Waals surface area contributed by atoms with Crippen LogP contribution in [0.1, 0.15) is 0 Å². The number of aromatic nitrogens is 4. The third-order valence-corrected chi connectivity index (χ3v) is 2.12. The second kappa shape index (κ2) is 3.02. The van der Waals surface area contributed by atoms with Crippen LogP contribution in [0.25, 0.3) is 5.69 Å². The molecule has 0 aliphatic carbocycles. The quantitative estimate of drug-likeness (QED) is 0.737. The Morgan fingerprint density at radius 3 is 2.75 bits per heavy atom.